The van der Waals surface area contributed by atoms with E-state index in [1.54, 1.807) is 30.3 Å². The number of piperidine rings is 1. The molecule has 0 N–H and O–H groups in total. The van der Waals surface area contributed by atoms with Crippen LogP contribution in [-0.4, -0.2) is 58.0 Å². The van der Waals surface area contributed by atoms with Crippen molar-refractivity contribution in [2.45, 2.75) is 37.6 Å². The van der Waals surface area contributed by atoms with E-state index < -0.39 is 6.61 Å². The Labute approximate surface area is 201 Å². The van der Waals surface area contributed by atoms with Crippen molar-refractivity contribution in [2.75, 3.05) is 26.0 Å². The zero-order chi connectivity index (χ0) is 23.9. The van der Waals surface area contributed by atoms with Crippen molar-refractivity contribution in [3.8, 4) is 17.2 Å². The lowest BCUT2D eigenvalue weighted by Crippen LogP contribution is -2.30. The van der Waals surface area contributed by atoms with Crippen molar-refractivity contribution in [3.63, 3.8) is 0 Å². The molecule has 34 heavy (non-hydrogen) atoms. The van der Waals surface area contributed by atoms with Crippen LogP contribution < -0.4 is 9.47 Å². The quantitative estimate of drug-likeness (QED) is 0.299. The molecule has 0 amide bonds. The highest BCUT2D eigenvalue weighted by molar-refractivity contribution is 7.99. The number of methoxy groups -OCH3 is 1. The molecule has 1 fully saturated rings. The first-order valence-electron chi connectivity index (χ1n) is 11.1. The monoisotopic (exact) mass is 488 g/mol. The molecule has 0 aliphatic carbocycles. The van der Waals surface area contributed by atoms with Gasteiger partial charge in [0.15, 0.2) is 16.8 Å². The summed E-state index contributed by atoms with van der Waals surface area (Å²) in [6.07, 6.45) is 3.51. The molecule has 0 radical (unpaired) electrons. The second kappa shape index (κ2) is 11.4. The Kier molecular flexibility index (Phi) is 8.12. The van der Waals surface area contributed by atoms with Crippen LogP contribution in [0.3, 0.4) is 0 Å². The van der Waals surface area contributed by atoms with Crippen LogP contribution in [0.5, 0.6) is 11.5 Å². The van der Waals surface area contributed by atoms with Crippen molar-refractivity contribution in [1.29, 1.82) is 0 Å². The highest BCUT2D eigenvalue weighted by atomic mass is 32.2. The van der Waals surface area contributed by atoms with Crippen molar-refractivity contribution in [2.24, 2.45) is 0 Å². The number of Topliss-reactive ketones (excluding diaryl/α,β-unsaturated/α-hetero) is 1. The molecule has 7 nitrogen and oxygen atoms in total. The highest BCUT2D eigenvalue weighted by Crippen LogP contribution is 2.27. The number of alkyl halides is 2. The molecule has 0 atom stereocenters. The predicted octanol–water partition coefficient (Wildman–Crippen LogP) is 4.84. The predicted molar refractivity (Wildman–Crippen MR) is 125 cm³/mol. The van der Waals surface area contributed by atoms with Crippen LogP contribution in [0.4, 0.5) is 8.78 Å². The summed E-state index contributed by atoms with van der Waals surface area (Å²) in [5.41, 5.74) is 1.22. The van der Waals surface area contributed by atoms with E-state index in [0.717, 1.165) is 31.8 Å². The fraction of sp³-hybridized carbons (Fsp3) is 0.375. The SMILES string of the molecule is COc1ccccc1C(=O)CSc1nnc(CN2CCCCC2)n1-c1ccc(OC(F)F)cc1. The average Bonchev–Trinajstić information content (AvgIpc) is 3.25. The van der Waals surface area contributed by atoms with Crippen LogP contribution in [0.1, 0.15) is 35.4 Å². The fourth-order valence-electron chi connectivity index (χ4n) is 3.93. The minimum atomic E-state index is -2.89. The molecule has 3 aromatic rings. The molecule has 0 unspecified atom stereocenters. The zero-order valence-corrected chi connectivity index (χ0v) is 19.6. The number of ether oxygens (including phenoxy) is 2. The summed E-state index contributed by atoms with van der Waals surface area (Å²) in [4.78, 5) is 15.2. The molecular formula is C24H26F2N4O3S. The molecule has 180 valence electrons. The Hall–Kier alpha value is -2.98. The van der Waals surface area contributed by atoms with Gasteiger partial charge in [0.05, 0.1) is 25.0 Å². The number of ketones is 1. The van der Waals surface area contributed by atoms with Gasteiger partial charge >= 0.3 is 6.61 Å². The highest BCUT2D eigenvalue weighted by Gasteiger charge is 2.21. The number of hydrogen-bond acceptors (Lipinski definition) is 7. The number of carbonyl (C=O) groups is 1. The minimum Gasteiger partial charge on any atom is -0.496 e. The summed E-state index contributed by atoms with van der Waals surface area (Å²) in [6, 6.07) is 13.4. The van der Waals surface area contributed by atoms with E-state index in [9.17, 15) is 13.6 Å². The second-order valence-corrected chi connectivity index (χ2v) is 8.80. The van der Waals surface area contributed by atoms with Crippen LogP contribution >= 0.6 is 11.8 Å². The van der Waals surface area contributed by atoms with Gasteiger partial charge in [-0.05, 0) is 62.3 Å². The zero-order valence-electron chi connectivity index (χ0n) is 18.8. The van der Waals surface area contributed by atoms with Crippen LogP contribution in [-0.2, 0) is 6.54 Å². The van der Waals surface area contributed by atoms with Gasteiger partial charge in [-0.2, -0.15) is 8.78 Å². The normalized spacial score (nSPS) is 14.4. The first kappa shape index (κ1) is 24.2. The van der Waals surface area contributed by atoms with Crippen molar-refractivity contribution >= 4 is 17.5 Å². The van der Waals surface area contributed by atoms with Gasteiger partial charge in [-0.3, -0.25) is 14.3 Å². The first-order valence-corrected chi connectivity index (χ1v) is 12.0. The Morgan fingerprint density at radius 2 is 1.79 bits per heavy atom. The van der Waals surface area contributed by atoms with E-state index in [1.165, 1.54) is 37.4 Å². The molecule has 2 aromatic carbocycles. The minimum absolute atomic E-state index is 0.0740. The number of hydrogen-bond donors (Lipinski definition) is 0. The van der Waals surface area contributed by atoms with Gasteiger partial charge in [0.2, 0.25) is 0 Å². The van der Waals surface area contributed by atoms with Crippen LogP contribution in [0, 0.1) is 0 Å². The Morgan fingerprint density at radius 1 is 1.06 bits per heavy atom. The maximum Gasteiger partial charge on any atom is 0.387 e. The smallest absolute Gasteiger partial charge is 0.387 e. The molecule has 4 rings (SSSR count). The van der Waals surface area contributed by atoms with E-state index in [2.05, 4.69) is 19.8 Å². The van der Waals surface area contributed by atoms with Gasteiger partial charge in [-0.25, -0.2) is 0 Å². The lowest BCUT2D eigenvalue weighted by Gasteiger charge is -2.26. The third-order valence-electron chi connectivity index (χ3n) is 5.57. The number of para-hydroxylation sites is 1. The number of likely N-dealkylation sites (tertiary alicyclic amines) is 1. The van der Waals surface area contributed by atoms with E-state index in [-0.39, 0.29) is 17.3 Å². The number of thioether (sulfide) groups is 1. The largest absolute Gasteiger partial charge is 0.496 e. The van der Waals surface area contributed by atoms with Crippen LogP contribution in [0.2, 0.25) is 0 Å². The maximum atomic E-state index is 12.9. The second-order valence-electron chi connectivity index (χ2n) is 7.86. The summed E-state index contributed by atoms with van der Waals surface area (Å²) in [6.45, 7) is -0.294. The average molecular weight is 489 g/mol. The fourth-order valence-corrected chi connectivity index (χ4v) is 4.79. The van der Waals surface area contributed by atoms with E-state index in [1.807, 2.05) is 10.6 Å². The Bertz CT molecular complexity index is 1100. The molecule has 1 saturated heterocycles. The van der Waals surface area contributed by atoms with Crippen LogP contribution in [0.25, 0.3) is 5.69 Å². The summed E-state index contributed by atoms with van der Waals surface area (Å²) in [7, 11) is 1.53. The molecule has 10 heteroatoms. The molecule has 0 bridgehead atoms. The van der Waals surface area contributed by atoms with Crippen LogP contribution in [0.15, 0.2) is 53.7 Å². The van der Waals surface area contributed by atoms with Crippen molar-refractivity contribution in [3.05, 3.63) is 59.9 Å². The Balaban J connectivity index is 1.58. The number of nitrogens with zero attached hydrogens (tertiary/aromatic N) is 4. The van der Waals surface area contributed by atoms with Gasteiger partial charge < -0.3 is 9.47 Å². The molecule has 0 saturated carbocycles. The topological polar surface area (TPSA) is 69.5 Å². The van der Waals surface area contributed by atoms with Gasteiger partial charge in [-0.15, -0.1) is 10.2 Å². The van der Waals surface area contributed by atoms with E-state index >= 15 is 0 Å². The molecular weight excluding hydrogens is 462 g/mol. The van der Waals surface area contributed by atoms with Gasteiger partial charge in [-0.1, -0.05) is 30.3 Å². The third kappa shape index (κ3) is 5.92. The standard InChI is InChI=1S/C24H26F2N4O3S/c1-32-21-8-4-3-7-19(21)20(31)16-34-24-28-27-22(15-29-13-5-2-6-14-29)30(24)17-9-11-18(12-10-17)33-23(25)26/h3-4,7-12,23H,2,5-6,13-16H2,1H3. The number of carbonyl (C=O) groups excluding carboxylic acids is 1. The Morgan fingerprint density at radius 3 is 2.50 bits per heavy atom. The maximum absolute atomic E-state index is 12.9. The van der Waals surface area contributed by atoms with Gasteiger partial charge in [0.25, 0.3) is 0 Å². The molecule has 2 heterocycles. The first-order chi connectivity index (χ1) is 16.5. The molecule has 1 aliphatic heterocycles. The van der Waals surface area contributed by atoms with E-state index in [4.69, 9.17) is 4.74 Å². The van der Waals surface area contributed by atoms with E-state index in [0.29, 0.717) is 28.7 Å². The molecule has 1 aliphatic rings. The summed E-state index contributed by atoms with van der Waals surface area (Å²) in [5, 5.41) is 9.31. The van der Waals surface area contributed by atoms with Gasteiger partial charge in [0.1, 0.15) is 11.5 Å². The molecule has 1 aromatic heterocycles. The molecule has 0 spiro atoms. The van der Waals surface area contributed by atoms with Gasteiger partial charge in [0, 0.05) is 5.69 Å². The lowest BCUT2D eigenvalue weighted by molar-refractivity contribution is -0.0498. The summed E-state index contributed by atoms with van der Waals surface area (Å²) >= 11 is 1.28. The number of halogens is 2. The number of rotatable bonds is 10. The lowest BCUT2D eigenvalue weighted by atomic mass is 10.1. The number of aromatic nitrogens is 3. The number of benzene rings is 2. The summed E-state index contributed by atoms with van der Waals surface area (Å²) in [5.74, 6) is 1.39. The summed E-state index contributed by atoms with van der Waals surface area (Å²) < 4.78 is 36.8. The van der Waals surface area contributed by atoms with Crippen molar-refractivity contribution in [1.82, 2.24) is 19.7 Å². The van der Waals surface area contributed by atoms with Crippen molar-refractivity contribution < 1.29 is 23.0 Å². The third-order valence-corrected chi connectivity index (χ3v) is 6.50.